The maximum Gasteiger partial charge on any atom is 0.335 e. The molecule has 1 N–H and O–H groups in total. The molecule has 0 spiro atoms. The van der Waals surface area contributed by atoms with Crippen LogP contribution in [0.5, 0.6) is 0 Å². The van der Waals surface area contributed by atoms with Crippen LogP contribution in [0, 0.1) is 6.92 Å². The van der Waals surface area contributed by atoms with Gasteiger partial charge in [-0.2, -0.15) is 0 Å². The summed E-state index contributed by atoms with van der Waals surface area (Å²) in [5.74, 6) is -0.903. The molecule has 5 nitrogen and oxygen atoms in total. The molecule has 0 radical (unpaired) electrons. The highest BCUT2D eigenvalue weighted by molar-refractivity contribution is 7.05. The number of rotatable bonds is 2. The van der Waals surface area contributed by atoms with E-state index in [2.05, 4.69) is 9.59 Å². The molecule has 1 aromatic rings. The highest BCUT2D eigenvalue weighted by Crippen LogP contribution is 2.41. The van der Waals surface area contributed by atoms with Crippen molar-refractivity contribution in [3.63, 3.8) is 0 Å². The van der Waals surface area contributed by atoms with E-state index in [1.807, 2.05) is 6.92 Å². The smallest absolute Gasteiger partial charge is 0.335 e. The van der Waals surface area contributed by atoms with Crippen LogP contribution in [0.25, 0.3) is 0 Å². The monoisotopic (exact) mass is 228 g/mol. The lowest BCUT2D eigenvalue weighted by molar-refractivity contribution is -0.161. The molecule has 1 fully saturated rings. The van der Waals surface area contributed by atoms with Gasteiger partial charge in [-0.25, -0.2) is 4.79 Å². The molecule has 1 aliphatic rings. The minimum absolute atomic E-state index is 0.161. The zero-order chi connectivity index (χ0) is 11.1. The van der Waals surface area contributed by atoms with E-state index in [0.717, 1.165) is 10.6 Å². The molecule has 0 amide bonds. The van der Waals surface area contributed by atoms with E-state index >= 15 is 0 Å². The maximum atomic E-state index is 11.0. The average molecular weight is 228 g/mol. The lowest BCUT2D eigenvalue weighted by atomic mass is 10.0. The quantitative estimate of drug-likeness (QED) is 0.831. The number of nitrogens with zero attached hydrogens (tertiary/aromatic N) is 2. The third-order valence-corrected chi connectivity index (χ3v) is 3.64. The molecule has 2 unspecified atom stereocenters. The Labute approximate surface area is 91.2 Å². The number of hydrogen-bond donors (Lipinski definition) is 1. The Balaban J connectivity index is 2.18. The molecule has 6 heteroatoms. The number of carboxylic acid groups (broad SMARTS) is 1. The maximum absolute atomic E-state index is 11.0. The molecule has 1 saturated heterocycles. The first-order valence-electron chi connectivity index (χ1n) is 4.73. The van der Waals surface area contributed by atoms with Crippen LogP contribution in [0.15, 0.2) is 0 Å². The molecule has 1 aliphatic heterocycles. The fraction of sp³-hybridized carbons (Fsp3) is 0.667. The van der Waals surface area contributed by atoms with Crippen LogP contribution in [-0.4, -0.2) is 26.3 Å². The molecule has 0 aliphatic carbocycles. The summed E-state index contributed by atoms with van der Waals surface area (Å²) < 4.78 is 9.39. The van der Waals surface area contributed by atoms with Crippen molar-refractivity contribution >= 4 is 17.5 Å². The predicted octanol–water partition coefficient (Wildman–Crippen LogP) is 1.54. The number of aliphatic carboxylic acids is 1. The first kappa shape index (κ1) is 10.5. The van der Waals surface area contributed by atoms with Gasteiger partial charge in [0, 0.05) is 0 Å². The summed E-state index contributed by atoms with van der Waals surface area (Å²) in [7, 11) is 0. The largest absolute Gasteiger partial charge is 0.479 e. The van der Waals surface area contributed by atoms with Crippen molar-refractivity contribution in [3.8, 4) is 0 Å². The molecule has 2 heterocycles. The summed E-state index contributed by atoms with van der Waals surface area (Å²) in [5.41, 5.74) is -0.221. The summed E-state index contributed by atoms with van der Waals surface area (Å²) in [6, 6.07) is 0. The van der Waals surface area contributed by atoms with Gasteiger partial charge in [0.05, 0.1) is 16.7 Å². The zero-order valence-electron chi connectivity index (χ0n) is 8.56. The summed E-state index contributed by atoms with van der Waals surface area (Å²) in [6.45, 7) is 3.47. The summed E-state index contributed by atoms with van der Waals surface area (Å²) in [6.07, 6.45) is 1.09. The molecule has 15 heavy (non-hydrogen) atoms. The van der Waals surface area contributed by atoms with Crippen molar-refractivity contribution < 1.29 is 14.6 Å². The molecule has 2 atom stereocenters. The van der Waals surface area contributed by atoms with Crippen LogP contribution in [0.3, 0.4) is 0 Å². The molecule has 0 bridgehead atoms. The van der Waals surface area contributed by atoms with Crippen LogP contribution in [0.1, 0.15) is 36.4 Å². The molecular formula is C9H12N2O3S. The zero-order valence-corrected chi connectivity index (χ0v) is 9.37. The second-order valence-electron chi connectivity index (χ2n) is 3.90. The van der Waals surface area contributed by atoms with Crippen molar-refractivity contribution in [2.24, 2.45) is 0 Å². The van der Waals surface area contributed by atoms with E-state index in [1.54, 1.807) is 6.92 Å². The second-order valence-corrected chi connectivity index (χ2v) is 4.69. The Morgan fingerprint density at radius 1 is 1.73 bits per heavy atom. The van der Waals surface area contributed by atoms with Crippen molar-refractivity contribution in [1.82, 2.24) is 9.59 Å². The molecular weight excluding hydrogens is 216 g/mol. The average Bonchev–Trinajstić information content (AvgIpc) is 2.73. The van der Waals surface area contributed by atoms with Gasteiger partial charge in [-0.1, -0.05) is 4.49 Å². The third kappa shape index (κ3) is 1.74. The highest BCUT2D eigenvalue weighted by Gasteiger charge is 2.44. The van der Waals surface area contributed by atoms with Crippen molar-refractivity contribution in [3.05, 3.63) is 10.6 Å². The Kier molecular flexibility index (Phi) is 2.47. The third-order valence-electron chi connectivity index (χ3n) is 2.72. The van der Waals surface area contributed by atoms with Crippen LogP contribution in [-0.2, 0) is 9.53 Å². The van der Waals surface area contributed by atoms with Gasteiger partial charge in [0.2, 0.25) is 0 Å². The van der Waals surface area contributed by atoms with Crippen molar-refractivity contribution in [2.75, 3.05) is 0 Å². The number of aromatic nitrogens is 2. The lowest BCUT2D eigenvalue weighted by Crippen LogP contribution is -2.34. The van der Waals surface area contributed by atoms with Gasteiger partial charge in [-0.15, -0.1) is 5.10 Å². The van der Waals surface area contributed by atoms with Gasteiger partial charge in [0.1, 0.15) is 0 Å². The number of ether oxygens (including phenoxy) is 1. The second kappa shape index (κ2) is 3.53. The topological polar surface area (TPSA) is 72.3 Å². The van der Waals surface area contributed by atoms with Crippen LogP contribution < -0.4 is 0 Å². The first-order valence-corrected chi connectivity index (χ1v) is 5.50. The van der Waals surface area contributed by atoms with Gasteiger partial charge in [-0.05, 0) is 38.2 Å². The molecule has 82 valence electrons. The highest BCUT2D eigenvalue weighted by atomic mass is 32.1. The van der Waals surface area contributed by atoms with Crippen molar-refractivity contribution in [1.29, 1.82) is 0 Å². The van der Waals surface area contributed by atoms with Gasteiger partial charge < -0.3 is 9.84 Å². The summed E-state index contributed by atoms with van der Waals surface area (Å²) in [4.78, 5) is 11.9. The summed E-state index contributed by atoms with van der Waals surface area (Å²) in [5, 5.41) is 12.9. The fourth-order valence-electron chi connectivity index (χ4n) is 1.71. The number of aryl methyl sites for hydroxylation is 1. The van der Waals surface area contributed by atoms with E-state index in [1.165, 1.54) is 11.5 Å². The predicted molar refractivity (Wildman–Crippen MR) is 53.7 cm³/mol. The van der Waals surface area contributed by atoms with Gasteiger partial charge in [-0.3, -0.25) is 0 Å². The van der Waals surface area contributed by atoms with E-state index in [4.69, 9.17) is 9.84 Å². The van der Waals surface area contributed by atoms with Crippen LogP contribution in [0.4, 0.5) is 0 Å². The Hall–Kier alpha value is -1.01. The van der Waals surface area contributed by atoms with Gasteiger partial charge in [0.25, 0.3) is 0 Å². The fourth-order valence-corrected chi connectivity index (χ4v) is 2.42. The van der Waals surface area contributed by atoms with Crippen LogP contribution >= 0.6 is 11.5 Å². The minimum atomic E-state index is -1.05. The molecule has 0 aromatic carbocycles. The number of carboxylic acids is 1. The van der Waals surface area contributed by atoms with E-state index < -0.39 is 11.6 Å². The number of hydrogen-bond acceptors (Lipinski definition) is 5. The van der Waals surface area contributed by atoms with E-state index in [0.29, 0.717) is 12.8 Å². The van der Waals surface area contributed by atoms with Crippen molar-refractivity contribution in [2.45, 2.75) is 38.4 Å². The number of carbonyl (C=O) groups is 1. The Morgan fingerprint density at radius 2 is 2.47 bits per heavy atom. The van der Waals surface area contributed by atoms with Gasteiger partial charge >= 0.3 is 5.97 Å². The normalized spacial score (nSPS) is 30.7. The van der Waals surface area contributed by atoms with E-state index in [-0.39, 0.29) is 6.10 Å². The lowest BCUT2D eigenvalue weighted by Gasteiger charge is -2.18. The molecule has 2 rings (SSSR count). The minimum Gasteiger partial charge on any atom is -0.479 e. The standard InChI is InChI=1S/C9H12N2O3S/c1-5-7(15-11-10-5)6-3-4-9(2,14-6)8(12)13/h6H,3-4H2,1-2H3,(H,12,13). The molecule has 1 aromatic heterocycles. The molecule has 0 saturated carbocycles. The van der Waals surface area contributed by atoms with Gasteiger partial charge in [0.15, 0.2) is 5.60 Å². The summed E-state index contributed by atoms with van der Waals surface area (Å²) >= 11 is 1.28. The van der Waals surface area contributed by atoms with E-state index in [9.17, 15) is 4.79 Å². The Morgan fingerprint density at radius 3 is 2.93 bits per heavy atom. The van der Waals surface area contributed by atoms with Crippen LogP contribution in [0.2, 0.25) is 0 Å². The first-order chi connectivity index (χ1) is 7.03. The SMILES string of the molecule is Cc1nnsc1C1CCC(C)(C(=O)O)O1. The Bertz CT molecular complexity index is 392.